The second-order valence-electron chi connectivity index (χ2n) is 8.28. The minimum atomic E-state index is -0.124. The van der Waals surface area contributed by atoms with Gasteiger partial charge in [-0.15, -0.1) is 0 Å². The molecule has 0 bridgehead atoms. The maximum atomic E-state index is 12.6. The second kappa shape index (κ2) is 8.07. The van der Waals surface area contributed by atoms with Crippen LogP contribution < -0.4 is 20.9 Å². The van der Waals surface area contributed by atoms with E-state index in [4.69, 9.17) is 4.98 Å². The molecule has 5 rings (SSSR count). The lowest BCUT2D eigenvalue weighted by molar-refractivity contribution is 0.0952. The summed E-state index contributed by atoms with van der Waals surface area (Å²) in [6.45, 7) is 4.16. The van der Waals surface area contributed by atoms with Gasteiger partial charge in [-0.3, -0.25) is 4.79 Å². The molecular formula is C22H28N8O. The van der Waals surface area contributed by atoms with Crippen LogP contribution in [0.25, 0.3) is 5.65 Å². The van der Waals surface area contributed by atoms with Crippen molar-refractivity contribution >= 4 is 34.6 Å². The van der Waals surface area contributed by atoms with E-state index in [9.17, 15) is 4.79 Å². The van der Waals surface area contributed by atoms with Crippen molar-refractivity contribution in [2.24, 2.45) is 0 Å². The van der Waals surface area contributed by atoms with Crippen molar-refractivity contribution in [3.63, 3.8) is 0 Å². The molecule has 3 N–H and O–H groups in total. The summed E-state index contributed by atoms with van der Waals surface area (Å²) in [6, 6.07) is 10.6. The van der Waals surface area contributed by atoms with Gasteiger partial charge < -0.3 is 25.8 Å². The number of carbonyl (C=O) groups is 1. The van der Waals surface area contributed by atoms with E-state index >= 15 is 0 Å². The quantitative estimate of drug-likeness (QED) is 0.563. The Bertz CT molecular complexity index is 1100. The summed E-state index contributed by atoms with van der Waals surface area (Å²) in [5.41, 5.74) is 3.17. The van der Waals surface area contributed by atoms with Gasteiger partial charge in [-0.25, -0.2) is 4.98 Å². The van der Waals surface area contributed by atoms with Crippen LogP contribution in [0.3, 0.4) is 0 Å². The van der Waals surface area contributed by atoms with Crippen LogP contribution in [0.15, 0.2) is 36.5 Å². The summed E-state index contributed by atoms with van der Waals surface area (Å²) >= 11 is 0. The number of nitrogens with zero attached hydrogens (tertiary/aromatic N) is 5. The van der Waals surface area contributed by atoms with Gasteiger partial charge in [0.15, 0.2) is 5.65 Å². The molecule has 2 fully saturated rings. The first kappa shape index (κ1) is 19.6. The highest BCUT2D eigenvalue weighted by Gasteiger charge is 2.26. The van der Waals surface area contributed by atoms with Gasteiger partial charge >= 0.3 is 0 Å². The van der Waals surface area contributed by atoms with E-state index < -0.39 is 0 Å². The molecule has 1 amide bonds. The average molecular weight is 421 g/mol. The Morgan fingerprint density at radius 2 is 1.94 bits per heavy atom. The van der Waals surface area contributed by atoms with Crippen LogP contribution >= 0.6 is 0 Å². The zero-order chi connectivity index (χ0) is 21.4. The molecule has 0 unspecified atom stereocenters. The number of nitrogens with one attached hydrogen (secondary N) is 3. The molecular weight excluding hydrogens is 392 g/mol. The molecule has 1 saturated heterocycles. The van der Waals surface area contributed by atoms with Crippen LogP contribution in [0.1, 0.15) is 23.2 Å². The Kier molecular flexibility index (Phi) is 5.11. The van der Waals surface area contributed by atoms with E-state index in [1.807, 2.05) is 19.2 Å². The molecule has 9 nitrogen and oxygen atoms in total. The van der Waals surface area contributed by atoms with Crippen molar-refractivity contribution in [3.8, 4) is 0 Å². The van der Waals surface area contributed by atoms with Gasteiger partial charge in [-0.2, -0.15) is 9.61 Å². The number of carbonyl (C=O) groups excluding carboxylic acids is 1. The van der Waals surface area contributed by atoms with Gasteiger partial charge in [0.2, 0.25) is 0 Å². The number of anilines is 4. The molecule has 1 aromatic carbocycles. The van der Waals surface area contributed by atoms with E-state index in [2.05, 4.69) is 56.1 Å². The first-order valence-corrected chi connectivity index (χ1v) is 10.8. The Balaban J connectivity index is 1.42. The third kappa shape index (κ3) is 4.13. The highest BCUT2D eigenvalue weighted by molar-refractivity contribution is 6.00. The standard InChI is InChI=1S/C22H28N8O/c1-23-20-13-19(27-21-18(14-24-30(20)21)22(31)26-15-6-7-15)25-16-4-3-5-17(12-16)29-10-8-28(2)9-11-29/h3-5,12-15,23H,6-11H2,1-2H3,(H,25,27)(H,26,31). The molecule has 3 heterocycles. The number of rotatable bonds is 6. The van der Waals surface area contributed by atoms with Gasteiger partial charge in [0.25, 0.3) is 5.91 Å². The number of benzene rings is 1. The molecule has 2 aliphatic rings. The molecule has 0 spiro atoms. The van der Waals surface area contributed by atoms with Crippen molar-refractivity contribution in [3.05, 3.63) is 42.1 Å². The zero-order valence-corrected chi connectivity index (χ0v) is 17.9. The number of piperazine rings is 1. The van der Waals surface area contributed by atoms with Crippen LogP contribution in [0.2, 0.25) is 0 Å². The van der Waals surface area contributed by atoms with Gasteiger partial charge in [0, 0.05) is 56.7 Å². The lowest BCUT2D eigenvalue weighted by Gasteiger charge is -2.34. The van der Waals surface area contributed by atoms with Crippen molar-refractivity contribution in [2.45, 2.75) is 18.9 Å². The van der Waals surface area contributed by atoms with Crippen molar-refractivity contribution < 1.29 is 4.79 Å². The summed E-state index contributed by atoms with van der Waals surface area (Å²) in [7, 11) is 3.99. The van der Waals surface area contributed by atoms with Gasteiger partial charge in [-0.05, 0) is 38.1 Å². The van der Waals surface area contributed by atoms with Crippen LogP contribution in [-0.4, -0.2) is 71.7 Å². The molecule has 9 heteroatoms. The van der Waals surface area contributed by atoms with E-state index in [0.29, 0.717) is 17.0 Å². The first-order chi connectivity index (χ1) is 15.1. The van der Waals surface area contributed by atoms with E-state index in [-0.39, 0.29) is 11.9 Å². The molecule has 0 radical (unpaired) electrons. The van der Waals surface area contributed by atoms with E-state index in [1.54, 1.807) is 10.7 Å². The summed E-state index contributed by atoms with van der Waals surface area (Å²) in [4.78, 5) is 22.1. The number of aromatic nitrogens is 3. The normalized spacial score (nSPS) is 17.0. The van der Waals surface area contributed by atoms with Crippen LogP contribution in [0.4, 0.5) is 23.0 Å². The Morgan fingerprint density at radius 1 is 1.13 bits per heavy atom. The number of amides is 1. The summed E-state index contributed by atoms with van der Waals surface area (Å²) in [6.07, 6.45) is 3.66. The highest BCUT2D eigenvalue weighted by Crippen LogP contribution is 2.26. The fourth-order valence-electron chi connectivity index (χ4n) is 3.85. The van der Waals surface area contributed by atoms with Gasteiger partial charge in [-0.1, -0.05) is 6.07 Å². The minimum absolute atomic E-state index is 0.124. The summed E-state index contributed by atoms with van der Waals surface area (Å²) in [5.74, 6) is 1.29. The molecule has 3 aromatic rings. The molecule has 0 atom stereocenters. The molecule has 162 valence electrons. The molecule has 2 aromatic heterocycles. The predicted octanol–water partition coefficient (Wildman–Crippen LogP) is 2.16. The molecule has 1 saturated carbocycles. The Hall–Kier alpha value is -3.33. The largest absolute Gasteiger partial charge is 0.373 e. The van der Waals surface area contributed by atoms with E-state index in [1.165, 1.54) is 5.69 Å². The van der Waals surface area contributed by atoms with Gasteiger partial charge in [0.05, 0.1) is 6.20 Å². The molecule has 1 aliphatic heterocycles. The minimum Gasteiger partial charge on any atom is -0.373 e. The Morgan fingerprint density at radius 3 is 2.68 bits per heavy atom. The number of likely N-dealkylation sites (N-methyl/N-ethyl adjacent to an activating group) is 1. The van der Waals surface area contributed by atoms with Crippen molar-refractivity contribution in [2.75, 3.05) is 55.8 Å². The summed E-state index contributed by atoms with van der Waals surface area (Å²) < 4.78 is 1.66. The maximum Gasteiger partial charge on any atom is 0.256 e. The lowest BCUT2D eigenvalue weighted by atomic mass is 10.2. The maximum absolute atomic E-state index is 12.6. The summed E-state index contributed by atoms with van der Waals surface area (Å²) in [5, 5.41) is 13.9. The lowest BCUT2D eigenvalue weighted by Crippen LogP contribution is -2.44. The number of fused-ring (bicyclic) bond motifs is 1. The smallest absolute Gasteiger partial charge is 0.256 e. The second-order valence-corrected chi connectivity index (χ2v) is 8.28. The zero-order valence-electron chi connectivity index (χ0n) is 17.9. The first-order valence-electron chi connectivity index (χ1n) is 10.8. The third-order valence-corrected chi connectivity index (χ3v) is 5.87. The van der Waals surface area contributed by atoms with Crippen LogP contribution in [-0.2, 0) is 0 Å². The van der Waals surface area contributed by atoms with Crippen LogP contribution in [0.5, 0.6) is 0 Å². The fourth-order valence-corrected chi connectivity index (χ4v) is 3.85. The topological polar surface area (TPSA) is 89.8 Å². The molecule has 1 aliphatic carbocycles. The van der Waals surface area contributed by atoms with Crippen molar-refractivity contribution in [1.82, 2.24) is 24.8 Å². The number of hydrogen-bond acceptors (Lipinski definition) is 7. The van der Waals surface area contributed by atoms with Crippen molar-refractivity contribution in [1.29, 1.82) is 0 Å². The number of hydrogen-bond donors (Lipinski definition) is 3. The third-order valence-electron chi connectivity index (χ3n) is 5.87. The van der Waals surface area contributed by atoms with E-state index in [0.717, 1.165) is 50.5 Å². The Labute approximate surface area is 181 Å². The average Bonchev–Trinajstić information content (AvgIpc) is 3.49. The highest BCUT2D eigenvalue weighted by atomic mass is 16.1. The molecule has 31 heavy (non-hydrogen) atoms. The fraction of sp³-hybridized carbons (Fsp3) is 0.409. The predicted molar refractivity (Wildman–Crippen MR) is 122 cm³/mol. The van der Waals surface area contributed by atoms with Gasteiger partial charge in [0.1, 0.15) is 17.2 Å². The SMILES string of the molecule is CNc1cc(Nc2cccc(N3CCN(C)CC3)c2)nc2c(C(=O)NC3CC3)cnn12. The monoisotopic (exact) mass is 420 g/mol. The van der Waals surface area contributed by atoms with Crippen LogP contribution in [0, 0.1) is 0 Å².